The first-order chi connectivity index (χ1) is 7.58. The molecule has 3 atom stereocenters. The van der Waals surface area contributed by atoms with Crippen molar-refractivity contribution in [1.82, 2.24) is 15.1 Å². The van der Waals surface area contributed by atoms with E-state index in [4.69, 9.17) is 0 Å². The van der Waals surface area contributed by atoms with Crippen molar-refractivity contribution in [1.29, 1.82) is 0 Å². The van der Waals surface area contributed by atoms with E-state index in [2.05, 4.69) is 49.9 Å². The molecule has 1 saturated heterocycles. The normalized spacial score (nSPS) is 27.9. The summed E-state index contributed by atoms with van der Waals surface area (Å²) >= 11 is 0. The molecule has 1 fully saturated rings. The smallest absolute Gasteiger partial charge is 0.0195 e. The van der Waals surface area contributed by atoms with E-state index < -0.39 is 0 Å². The van der Waals surface area contributed by atoms with Crippen molar-refractivity contribution in [2.45, 2.75) is 52.2 Å². The fourth-order valence-electron chi connectivity index (χ4n) is 2.67. The van der Waals surface area contributed by atoms with Crippen LogP contribution in [-0.2, 0) is 0 Å². The molecule has 0 bridgehead atoms. The Balaban J connectivity index is 2.38. The Morgan fingerprint density at radius 1 is 1.31 bits per heavy atom. The van der Waals surface area contributed by atoms with E-state index in [1.54, 1.807) is 0 Å². The topological polar surface area (TPSA) is 18.5 Å². The van der Waals surface area contributed by atoms with Gasteiger partial charge in [0.2, 0.25) is 0 Å². The van der Waals surface area contributed by atoms with Gasteiger partial charge in [0.25, 0.3) is 0 Å². The lowest BCUT2D eigenvalue weighted by molar-refractivity contribution is 0.0589. The van der Waals surface area contributed by atoms with E-state index in [-0.39, 0.29) is 0 Å². The van der Waals surface area contributed by atoms with Crippen LogP contribution in [0.2, 0.25) is 0 Å². The summed E-state index contributed by atoms with van der Waals surface area (Å²) < 4.78 is 0. The van der Waals surface area contributed by atoms with E-state index in [9.17, 15) is 0 Å². The molecule has 0 aromatic rings. The Bertz CT molecular complexity index is 196. The summed E-state index contributed by atoms with van der Waals surface area (Å²) in [5, 5.41) is 3.33. The van der Waals surface area contributed by atoms with Crippen LogP contribution in [0.1, 0.15) is 34.1 Å². The summed E-state index contributed by atoms with van der Waals surface area (Å²) in [6, 6.07) is 2.03. The highest BCUT2D eigenvalue weighted by molar-refractivity contribution is 4.82. The molecule has 3 unspecified atom stereocenters. The zero-order chi connectivity index (χ0) is 12.1. The average Bonchev–Trinajstić information content (AvgIpc) is 2.28. The predicted octanol–water partition coefficient (Wildman–Crippen LogP) is 1.40. The van der Waals surface area contributed by atoms with Gasteiger partial charge in [0.15, 0.2) is 0 Å². The highest BCUT2D eigenvalue weighted by Crippen LogP contribution is 2.14. The maximum absolute atomic E-state index is 3.33. The minimum Gasteiger partial charge on any atom is -0.317 e. The number of rotatable bonds is 5. The molecule has 16 heavy (non-hydrogen) atoms. The van der Waals surface area contributed by atoms with Gasteiger partial charge in [-0.15, -0.1) is 0 Å². The second-order valence-electron chi connectivity index (χ2n) is 5.25. The summed E-state index contributed by atoms with van der Waals surface area (Å²) in [6.45, 7) is 14.1. The van der Waals surface area contributed by atoms with Gasteiger partial charge < -0.3 is 5.32 Å². The van der Waals surface area contributed by atoms with Crippen molar-refractivity contribution in [3.05, 3.63) is 0 Å². The second-order valence-corrected chi connectivity index (χ2v) is 5.25. The quantitative estimate of drug-likeness (QED) is 0.766. The summed E-state index contributed by atoms with van der Waals surface area (Å²) in [5.41, 5.74) is 0. The molecule has 0 aliphatic carbocycles. The summed E-state index contributed by atoms with van der Waals surface area (Å²) in [5.74, 6) is 0. The first kappa shape index (κ1) is 13.9. The standard InChI is InChI=1S/C13H29N3/c1-6-15-7-8-16(10-13(15)4)12(3)9-11(2)14-5/h11-14H,6-10H2,1-5H3. The molecule has 0 saturated carbocycles. The minimum atomic E-state index is 0.620. The molecule has 1 aliphatic heterocycles. The van der Waals surface area contributed by atoms with Crippen LogP contribution in [-0.4, -0.2) is 61.2 Å². The molecule has 0 radical (unpaired) electrons. The van der Waals surface area contributed by atoms with E-state index in [0.717, 1.165) is 0 Å². The number of nitrogens with zero attached hydrogens (tertiary/aromatic N) is 2. The van der Waals surface area contributed by atoms with Gasteiger partial charge in [-0.2, -0.15) is 0 Å². The van der Waals surface area contributed by atoms with Gasteiger partial charge in [0.05, 0.1) is 0 Å². The molecular formula is C13H29N3. The Kier molecular flexibility index (Phi) is 5.73. The summed E-state index contributed by atoms with van der Waals surface area (Å²) in [6.07, 6.45) is 1.25. The van der Waals surface area contributed by atoms with E-state index in [0.29, 0.717) is 18.1 Å². The Morgan fingerprint density at radius 2 is 2.00 bits per heavy atom. The molecule has 96 valence electrons. The molecule has 1 heterocycles. The van der Waals surface area contributed by atoms with Gasteiger partial charge in [0.1, 0.15) is 0 Å². The van der Waals surface area contributed by atoms with Crippen LogP contribution in [0.4, 0.5) is 0 Å². The maximum Gasteiger partial charge on any atom is 0.0195 e. The molecule has 0 amide bonds. The Hall–Kier alpha value is -0.120. The fourth-order valence-corrected chi connectivity index (χ4v) is 2.67. The number of hydrogen-bond donors (Lipinski definition) is 1. The number of nitrogens with one attached hydrogen (secondary N) is 1. The lowest BCUT2D eigenvalue weighted by Gasteiger charge is -2.42. The zero-order valence-electron chi connectivity index (χ0n) is 11.7. The van der Waals surface area contributed by atoms with Crippen molar-refractivity contribution in [2.75, 3.05) is 33.2 Å². The second kappa shape index (κ2) is 6.58. The van der Waals surface area contributed by atoms with Crippen molar-refractivity contribution in [2.24, 2.45) is 0 Å². The largest absolute Gasteiger partial charge is 0.317 e. The zero-order valence-corrected chi connectivity index (χ0v) is 11.7. The highest BCUT2D eigenvalue weighted by Gasteiger charge is 2.25. The first-order valence-corrected chi connectivity index (χ1v) is 6.73. The third-order valence-electron chi connectivity index (χ3n) is 4.01. The molecule has 0 spiro atoms. The Labute approximate surface area is 101 Å². The Morgan fingerprint density at radius 3 is 2.50 bits per heavy atom. The highest BCUT2D eigenvalue weighted by atomic mass is 15.3. The molecular weight excluding hydrogens is 198 g/mol. The van der Waals surface area contributed by atoms with Crippen LogP contribution in [0.15, 0.2) is 0 Å². The molecule has 1 N–H and O–H groups in total. The van der Waals surface area contributed by atoms with Crippen LogP contribution in [0.3, 0.4) is 0 Å². The predicted molar refractivity (Wildman–Crippen MR) is 70.9 cm³/mol. The maximum atomic E-state index is 3.33. The fraction of sp³-hybridized carbons (Fsp3) is 1.00. The summed E-state index contributed by atoms with van der Waals surface area (Å²) in [4.78, 5) is 5.22. The van der Waals surface area contributed by atoms with Crippen molar-refractivity contribution >= 4 is 0 Å². The van der Waals surface area contributed by atoms with Crippen molar-refractivity contribution < 1.29 is 0 Å². The van der Waals surface area contributed by atoms with E-state index in [1.165, 1.54) is 32.6 Å². The number of piperazine rings is 1. The SMILES string of the molecule is CCN1CCN(C(C)CC(C)NC)CC1C. The monoisotopic (exact) mass is 227 g/mol. The third-order valence-corrected chi connectivity index (χ3v) is 4.01. The van der Waals surface area contributed by atoms with Crippen molar-refractivity contribution in [3.63, 3.8) is 0 Å². The van der Waals surface area contributed by atoms with Gasteiger partial charge in [-0.1, -0.05) is 6.92 Å². The number of hydrogen-bond acceptors (Lipinski definition) is 3. The molecule has 1 aliphatic rings. The third kappa shape index (κ3) is 3.72. The first-order valence-electron chi connectivity index (χ1n) is 6.73. The van der Waals surface area contributed by atoms with Gasteiger partial charge in [-0.25, -0.2) is 0 Å². The van der Waals surface area contributed by atoms with Gasteiger partial charge in [-0.3, -0.25) is 9.80 Å². The lowest BCUT2D eigenvalue weighted by atomic mass is 10.1. The van der Waals surface area contributed by atoms with Crippen LogP contribution in [0.5, 0.6) is 0 Å². The molecule has 3 heteroatoms. The molecule has 0 aromatic carbocycles. The van der Waals surface area contributed by atoms with E-state index in [1.807, 2.05) is 0 Å². The van der Waals surface area contributed by atoms with Crippen LogP contribution < -0.4 is 5.32 Å². The minimum absolute atomic E-state index is 0.620. The van der Waals surface area contributed by atoms with Gasteiger partial charge in [-0.05, 0) is 40.8 Å². The number of likely N-dealkylation sites (N-methyl/N-ethyl adjacent to an activating group) is 1. The molecule has 1 rings (SSSR count). The van der Waals surface area contributed by atoms with E-state index >= 15 is 0 Å². The summed E-state index contributed by atoms with van der Waals surface area (Å²) in [7, 11) is 2.05. The molecule has 0 aromatic heterocycles. The lowest BCUT2D eigenvalue weighted by Crippen LogP contribution is -2.54. The van der Waals surface area contributed by atoms with Crippen LogP contribution >= 0.6 is 0 Å². The van der Waals surface area contributed by atoms with Crippen LogP contribution in [0, 0.1) is 0 Å². The van der Waals surface area contributed by atoms with Gasteiger partial charge in [0, 0.05) is 37.8 Å². The average molecular weight is 227 g/mol. The molecule has 3 nitrogen and oxygen atoms in total. The van der Waals surface area contributed by atoms with Crippen molar-refractivity contribution in [3.8, 4) is 0 Å². The van der Waals surface area contributed by atoms with Crippen LogP contribution in [0.25, 0.3) is 0 Å². The van der Waals surface area contributed by atoms with Gasteiger partial charge >= 0.3 is 0 Å².